The minimum atomic E-state index is -4.77. The van der Waals surface area contributed by atoms with Crippen LogP contribution < -0.4 is 24.4 Å². The highest BCUT2D eigenvalue weighted by Gasteiger charge is 2.32. The van der Waals surface area contributed by atoms with E-state index >= 15 is 0 Å². The van der Waals surface area contributed by atoms with Crippen LogP contribution in [0.25, 0.3) is 10.9 Å². The molecule has 0 aliphatic heterocycles. The molecule has 2 heterocycles. The summed E-state index contributed by atoms with van der Waals surface area (Å²) in [6.45, 7) is -2.22. The first-order chi connectivity index (χ1) is 24.1. The van der Waals surface area contributed by atoms with Gasteiger partial charge < -0.3 is 19.7 Å². The van der Waals surface area contributed by atoms with Crippen molar-refractivity contribution in [2.24, 2.45) is 11.8 Å². The molecule has 1 fully saturated rings. The monoisotopic (exact) mass is 740 g/mol. The molecule has 0 spiro atoms. The van der Waals surface area contributed by atoms with E-state index in [1.165, 1.54) is 0 Å². The van der Waals surface area contributed by atoms with Crippen LogP contribution in [0.3, 0.4) is 0 Å². The Labute approximate surface area is 291 Å². The molecule has 1 saturated carbocycles. The lowest BCUT2D eigenvalue weighted by Gasteiger charge is -2.29. The van der Waals surface area contributed by atoms with Crippen LogP contribution in [0.15, 0.2) is 71.8 Å². The molecule has 0 saturated heterocycles. The fourth-order valence-corrected chi connectivity index (χ4v) is 7.05. The van der Waals surface area contributed by atoms with Crippen LogP contribution in [0.5, 0.6) is 11.5 Å². The smallest absolute Gasteiger partial charge is 0.422 e. The molecule has 0 amide bonds. The van der Waals surface area contributed by atoms with Gasteiger partial charge in [-0.2, -0.15) is 31.3 Å². The second-order valence-electron chi connectivity index (χ2n) is 12.4. The summed E-state index contributed by atoms with van der Waals surface area (Å²) in [6, 6.07) is 16.1. The van der Waals surface area contributed by atoms with Crippen LogP contribution >= 0.6 is 0 Å². The van der Waals surface area contributed by atoms with E-state index in [1.54, 1.807) is 6.20 Å². The third kappa shape index (κ3) is 11.3. The number of hydrogen-bond acceptors (Lipinski definition) is 9. The Kier molecular flexibility index (Phi) is 12.1. The van der Waals surface area contributed by atoms with Crippen molar-refractivity contribution >= 4 is 32.7 Å². The van der Waals surface area contributed by atoms with Crippen LogP contribution in [-0.2, 0) is 16.4 Å². The Morgan fingerprint density at radius 3 is 2.20 bits per heavy atom. The summed E-state index contributed by atoms with van der Waals surface area (Å²) in [5.74, 6) is 0.318. The topological polar surface area (TPSA) is 119 Å². The van der Waals surface area contributed by atoms with Crippen LogP contribution in [-0.4, -0.2) is 75.6 Å². The molecule has 51 heavy (non-hydrogen) atoms. The lowest BCUT2D eigenvalue weighted by molar-refractivity contribution is -0.154. The van der Waals surface area contributed by atoms with E-state index in [0.717, 1.165) is 59.9 Å². The average Bonchev–Trinajstić information content (AvgIpc) is 3.10. The molecule has 5 rings (SSSR count). The maximum absolute atomic E-state index is 13.2. The number of halogens is 6. The predicted molar refractivity (Wildman–Crippen MR) is 179 cm³/mol. The van der Waals surface area contributed by atoms with Gasteiger partial charge in [0.1, 0.15) is 22.2 Å². The molecule has 17 heteroatoms. The van der Waals surface area contributed by atoms with Gasteiger partial charge >= 0.3 is 12.4 Å². The normalized spacial score (nSPS) is 16.9. The highest BCUT2D eigenvalue weighted by atomic mass is 32.2. The average molecular weight is 741 g/mol. The van der Waals surface area contributed by atoms with Crippen molar-refractivity contribution in [3.8, 4) is 11.5 Å². The van der Waals surface area contributed by atoms with Gasteiger partial charge in [-0.1, -0.05) is 18.2 Å². The molecule has 0 bridgehead atoms. The SMILES string of the molecule is CN(CCc1ccccn1)c1nc(NCC2CCC(CNS(=O)(=O)c3cc(OCC(F)(F)F)ccc3OCC(F)(F)F)CC2)nc2ccccc12. The first-order valence-corrected chi connectivity index (χ1v) is 17.8. The Hall–Kier alpha value is -4.38. The zero-order chi connectivity index (χ0) is 36.6. The van der Waals surface area contributed by atoms with Gasteiger partial charge in [0.25, 0.3) is 0 Å². The van der Waals surface area contributed by atoms with E-state index in [1.807, 2.05) is 49.5 Å². The molecular formula is C34H38F6N6O4S. The van der Waals surface area contributed by atoms with Crippen LogP contribution in [0.4, 0.5) is 38.1 Å². The number of fused-ring (bicyclic) bond motifs is 1. The predicted octanol–water partition coefficient (Wildman–Crippen LogP) is 6.78. The van der Waals surface area contributed by atoms with Gasteiger partial charge in [-0.05, 0) is 73.9 Å². The number of ether oxygens (including phenoxy) is 2. The number of anilines is 2. The number of sulfonamides is 1. The number of pyridine rings is 1. The van der Waals surface area contributed by atoms with Crippen LogP contribution in [0, 0.1) is 11.8 Å². The van der Waals surface area contributed by atoms with E-state index in [0.29, 0.717) is 31.9 Å². The third-order valence-electron chi connectivity index (χ3n) is 8.45. The summed E-state index contributed by atoms with van der Waals surface area (Å²) in [5.41, 5.74) is 1.78. The molecule has 276 valence electrons. The summed E-state index contributed by atoms with van der Waals surface area (Å²) in [7, 11) is -2.51. The van der Waals surface area contributed by atoms with E-state index in [9.17, 15) is 34.8 Å². The lowest BCUT2D eigenvalue weighted by Crippen LogP contribution is -2.33. The lowest BCUT2D eigenvalue weighted by atomic mass is 9.82. The molecule has 4 aromatic rings. The zero-order valence-electron chi connectivity index (χ0n) is 27.7. The van der Waals surface area contributed by atoms with Crippen molar-refractivity contribution in [3.05, 3.63) is 72.6 Å². The Morgan fingerprint density at radius 1 is 0.843 bits per heavy atom. The molecule has 10 nitrogen and oxygen atoms in total. The number of nitrogens with zero attached hydrogens (tertiary/aromatic N) is 4. The molecular weight excluding hydrogens is 702 g/mol. The number of para-hydroxylation sites is 1. The number of aromatic nitrogens is 3. The summed E-state index contributed by atoms with van der Waals surface area (Å²) in [6.07, 6.45) is -4.10. The second-order valence-corrected chi connectivity index (χ2v) is 14.2. The number of benzene rings is 2. The van der Waals surface area contributed by atoms with Gasteiger partial charge in [0.15, 0.2) is 13.2 Å². The molecule has 1 aliphatic carbocycles. The largest absolute Gasteiger partial charge is 0.484 e. The van der Waals surface area contributed by atoms with E-state index in [2.05, 4.69) is 29.4 Å². The van der Waals surface area contributed by atoms with Gasteiger partial charge in [-0.3, -0.25) is 4.98 Å². The van der Waals surface area contributed by atoms with Crippen LogP contribution in [0.1, 0.15) is 31.4 Å². The fourth-order valence-electron chi connectivity index (χ4n) is 5.78. The maximum Gasteiger partial charge on any atom is 0.422 e. The van der Waals surface area contributed by atoms with Crippen LogP contribution in [0.2, 0.25) is 0 Å². The second kappa shape index (κ2) is 16.3. The van der Waals surface area contributed by atoms with Crippen molar-refractivity contribution in [1.29, 1.82) is 0 Å². The first kappa shape index (κ1) is 37.9. The number of hydrogen-bond donors (Lipinski definition) is 2. The molecule has 0 radical (unpaired) electrons. The number of nitrogens with one attached hydrogen (secondary N) is 2. The third-order valence-corrected chi connectivity index (χ3v) is 9.89. The summed E-state index contributed by atoms with van der Waals surface area (Å²) >= 11 is 0. The minimum absolute atomic E-state index is 0.0171. The Bertz CT molecular complexity index is 1860. The van der Waals surface area contributed by atoms with Crippen molar-refractivity contribution in [1.82, 2.24) is 19.7 Å². The van der Waals surface area contributed by atoms with E-state index in [-0.39, 0.29) is 18.4 Å². The van der Waals surface area contributed by atoms with Gasteiger partial charge in [0.2, 0.25) is 16.0 Å². The van der Waals surface area contributed by atoms with E-state index < -0.39 is 52.0 Å². The van der Waals surface area contributed by atoms with Gasteiger partial charge in [0, 0.05) is 56.4 Å². The Morgan fingerprint density at radius 2 is 1.51 bits per heavy atom. The van der Waals surface area contributed by atoms with Crippen molar-refractivity contribution in [2.45, 2.75) is 49.4 Å². The molecule has 2 N–H and O–H groups in total. The van der Waals surface area contributed by atoms with Crippen molar-refractivity contribution in [3.63, 3.8) is 0 Å². The maximum atomic E-state index is 13.2. The number of alkyl halides is 6. The van der Waals surface area contributed by atoms with Crippen molar-refractivity contribution in [2.75, 3.05) is 50.1 Å². The van der Waals surface area contributed by atoms with Gasteiger partial charge in [0.05, 0.1) is 5.52 Å². The minimum Gasteiger partial charge on any atom is -0.484 e. The standard InChI is InChI=1S/C34H38F6N6O4S/c1-46(17-15-25-6-4-5-16-41-25)31-27-7-2-3-8-28(27)44-32(45-31)42-19-23-9-11-24(12-10-23)20-43-51(47,48)30-18-26(49-21-33(35,36)37)13-14-29(30)50-22-34(38,39)40/h2-8,13-14,16,18,23-24,43H,9-12,15,17,19-22H2,1H3,(H,42,44,45). The highest BCUT2D eigenvalue weighted by molar-refractivity contribution is 7.89. The number of likely N-dealkylation sites (N-methyl/N-ethyl adjacent to an activating group) is 1. The molecule has 1 aliphatic rings. The summed E-state index contributed by atoms with van der Waals surface area (Å²) in [4.78, 5) is 15.3. The summed E-state index contributed by atoms with van der Waals surface area (Å²) < 4.78 is 115. The fraction of sp³-hybridized carbons (Fsp3) is 0.441. The quantitative estimate of drug-likeness (QED) is 0.127. The molecule has 0 unspecified atom stereocenters. The highest BCUT2D eigenvalue weighted by Crippen LogP contribution is 2.33. The van der Waals surface area contributed by atoms with Crippen molar-refractivity contribution < 1.29 is 44.2 Å². The number of rotatable bonds is 15. The first-order valence-electron chi connectivity index (χ1n) is 16.3. The zero-order valence-corrected chi connectivity index (χ0v) is 28.5. The van der Waals surface area contributed by atoms with Gasteiger partial charge in [-0.15, -0.1) is 0 Å². The van der Waals surface area contributed by atoms with Gasteiger partial charge in [-0.25, -0.2) is 18.1 Å². The Balaban J connectivity index is 1.17. The molecule has 2 aromatic carbocycles. The molecule has 2 aromatic heterocycles. The molecule has 0 atom stereocenters. The van der Waals surface area contributed by atoms with E-state index in [4.69, 9.17) is 9.97 Å². The summed E-state index contributed by atoms with van der Waals surface area (Å²) in [5, 5.41) is 4.30.